The Labute approximate surface area is 102 Å². The Balaban J connectivity index is 2.59. The van der Waals surface area contributed by atoms with Crippen LogP contribution in [-0.4, -0.2) is 33.4 Å². The van der Waals surface area contributed by atoms with Crippen LogP contribution in [0.4, 0.5) is 0 Å². The molecule has 1 atom stereocenters. The molecule has 0 aromatic heterocycles. The first-order valence-corrected chi connectivity index (χ1v) is 10.2. The third-order valence-corrected chi connectivity index (χ3v) is 4.89. The second-order valence-electron chi connectivity index (χ2n) is 7.64. The molecular weight excluding hydrogens is 214 g/mol. The quantitative estimate of drug-likeness (QED) is 0.766. The van der Waals surface area contributed by atoms with E-state index in [2.05, 4.69) is 45.7 Å². The third kappa shape index (κ3) is 4.98. The SMILES string of the molecule is CC(C)(C)NCC1(C[Si](C)(C)C)CCOC1. The smallest absolute Gasteiger partial charge is 0.0532 e. The molecule has 0 amide bonds. The molecule has 0 spiro atoms. The largest absolute Gasteiger partial charge is 0.381 e. The summed E-state index contributed by atoms with van der Waals surface area (Å²) in [5, 5.41) is 3.67. The Kier molecular flexibility index (Phi) is 4.25. The summed E-state index contributed by atoms with van der Waals surface area (Å²) in [6.07, 6.45) is 1.24. The summed E-state index contributed by atoms with van der Waals surface area (Å²) in [6.45, 7) is 17.1. The maximum atomic E-state index is 5.65. The van der Waals surface area contributed by atoms with E-state index < -0.39 is 8.07 Å². The molecule has 1 aliphatic rings. The van der Waals surface area contributed by atoms with Crippen molar-refractivity contribution in [3.63, 3.8) is 0 Å². The van der Waals surface area contributed by atoms with Crippen LogP contribution in [0.5, 0.6) is 0 Å². The highest BCUT2D eigenvalue weighted by Gasteiger charge is 2.39. The fourth-order valence-corrected chi connectivity index (χ4v) is 5.22. The molecule has 1 aliphatic heterocycles. The lowest BCUT2D eigenvalue weighted by molar-refractivity contribution is 0.153. The zero-order valence-electron chi connectivity index (χ0n) is 11.9. The van der Waals surface area contributed by atoms with Gasteiger partial charge in [-0.2, -0.15) is 0 Å². The second-order valence-corrected chi connectivity index (χ2v) is 13.1. The van der Waals surface area contributed by atoms with E-state index in [1.807, 2.05) is 0 Å². The molecule has 96 valence electrons. The predicted octanol–water partition coefficient (Wildman–Crippen LogP) is 3.12. The first kappa shape index (κ1) is 14.2. The number of nitrogens with one attached hydrogen (secondary N) is 1. The topological polar surface area (TPSA) is 21.3 Å². The Bertz CT molecular complexity index is 221. The lowest BCUT2D eigenvalue weighted by Crippen LogP contribution is -2.46. The van der Waals surface area contributed by atoms with Crippen LogP contribution in [0.15, 0.2) is 0 Å². The summed E-state index contributed by atoms with van der Waals surface area (Å²) in [4.78, 5) is 0. The van der Waals surface area contributed by atoms with Gasteiger partial charge in [0.15, 0.2) is 0 Å². The molecule has 0 radical (unpaired) electrons. The summed E-state index contributed by atoms with van der Waals surface area (Å²) in [5.74, 6) is 0. The molecule has 0 bridgehead atoms. The average molecular weight is 243 g/mol. The maximum Gasteiger partial charge on any atom is 0.0532 e. The van der Waals surface area contributed by atoms with Gasteiger partial charge in [-0.3, -0.25) is 0 Å². The molecule has 16 heavy (non-hydrogen) atoms. The van der Waals surface area contributed by atoms with Crippen LogP contribution in [0.25, 0.3) is 0 Å². The summed E-state index contributed by atoms with van der Waals surface area (Å²) >= 11 is 0. The number of hydrogen-bond donors (Lipinski definition) is 1. The zero-order valence-corrected chi connectivity index (χ0v) is 12.9. The van der Waals surface area contributed by atoms with Gasteiger partial charge in [0.1, 0.15) is 0 Å². The number of rotatable bonds is 4. The first-order chi connectivity index (χ1) is 7.12. The molecule has 2 nitrogen and oxygen atoms in total. The molecule has 1 N–H and O–H groups in total. The minimum atomic E-state index is -1.01. The molecule has 1 fully saturated rings. The van der Waals surface area contributed by atoms with Gasteiger partial charge in [0.25, 0.3) is 0 Å². The zero-order chi connectivity index (χ0) is 12.4. The van der Waals surface area contributed by atoms with Crippen LogP contribution in [0.2, 0.25) is 25.7 Å². The summed E-state index contributed by atoms with van der Waals surface area (Å²) < 4.78 is 5.65. The van der Waals surface area contributed by atoms with Crippen LogP contribution in [0.1, 0.15) is 27.2 Å². The third-order valence-electron chi connectivity index (χ3n) is 3.08. The Hall–Kier alpha value is 0.137. The Morgan fingerprint density at radius 2 is 1.88 bits per heavy atom. The van der Waals surface area contributed by atoms with Crippen LogP contribution < -0.4 is 5.32 Å². The van der Waals surface area contributed by atoms with Gasteiger partial charge in [-0.1, -0.05) is 19.6 Å². The van der Waals surface area contributed by atoms with Crippen LogP contribution in [0, 0.1) is 5.41 Å². The normalized spacial score (nSPS) is 27.4. The van der Waals surface area contributed by atoms with Crippen molar-refractivity contribution in [2.24, 2.45) is 5.41 Å². The standard InChI is InChI=1S/C13H29NOSi/c1-12(2,3)14-9-13(7-8-15-10-13)11-16(4,5)6/h14H,7-11H2,1-6H3. The summed E-state index contributed by atoms with van der Waals surface area (Å²) in [6, 6.07) is 1.38. The van der Waals surface area contributed by atoms with Crippen molar-refractivity contribution in [2.75, 3.05) is 19.8 Å². The molecule has 1 rings (SSSR count). The summed E-state index contributed by atoms with van der Waals surface area (Å²) in [5.41, 5.74) is 0.632. The van der Waals surface area contributed by atoms with Crippen molar-refractivity contribution in [1.82, 2.24) is 5.32 Å². The van der Waals surface area contributed by atoms with Crippen molar-refractivity contribution in [1.29, 1.82) is 0 Å². The predicted molar refractivity (Wildman–Crippen MR) is 73.8 cm³/mol. The molecule has 0 aliphatic carbocycles. The van der Waals surface area contributed by atoms with Crippen molar-refractivity contribution >= 4 is 8.07 Å². The monoisotopic (exact) mass is 243 g/mol. The number of ether oxygens (including phenoxy) is 1. The lowest BCUT2D eigenvalue weighted by atomic mass is 9.88. The molecule has 0 aromatic carbocycles. The van der Waals surface area contributed by atoms with E-state index in [-0.39, 0.29) is 5.54 Å². The minimum Gasteiger partial charge on any atom is -0.381 e. The molecular formula is C13H29NOSi. The second kappa shape index (κ2) is 4.79. The van der Waals surface area contributed by atoms with Crippen molar-refractivity contribution in [2.45, 2.75) is 58.4 Å². The van der Waals surface area contributed by atoms with Gasteiger partial charge in [-0.05, 0) is 33.2 Å². The molecule has 1 unspecified atom stereocenters. The van der Waals surface area contributed by atoms with Gasteiger partial charge < -0.3 is 10.1 Å². The van der Waals surface area contributed by atoms with E-state index in [0.29, 0.717) is 5.41 Å². The molecule has 0 aromatic rings. The van der Waals surface area contributed by atoms with Gasteiger partial charge >= 0.3 is 0 Å². The summed E-state index contributed by atoms with van der Waals surface area (Å²) in [7, 11) is -1.01. The Morgan fingerprint density at radius 1 is 1.25 bits per heavy atom. The number of hydrogen-bond acceptors (Lipinski definition) is 2. The fraction of sp³-hybridized carbons (Fsp3) is 1.00. The van der Waals surface area contributed by atoms with Gasteiger partial charge in [0.05, 0.1) is 6.61 Å². The van der Waals surface area contributed by atoms with E-state index in [4.69, 9.17) is 4.74 Å². The van der Waals surface area contributed by atoms with Crippen molar-refractivity contribution in [3.8, 4) is 0 Å². The lowest BCUT2D eigenvalue weighted by Gasteiger charge is -2.36. The van der Waals surface area contributed by atoms with Crippen molar-refractivity contribution < 1.29 is 4.74 Å². The van der Waals surface area contributed by atoms with Crippen molar-refractivity contribution in [3.05, 3.63) is 0 Å². The molecule has 1 heterocycles. The van der Waals surface area contributed by atoms with E-state index in [0.717, 1.165) is 19.8 Å². The fourth-order valence-electron chi connectivity index (χ4n) is 2.57. The van der Waals surface area contributed by atoms with E-state index in [1.165, 1.54) is 12.5 Å². The van der Waals surface area contributed by atoms with E-state index in [1.54, 1.807) is 0 Å². The van der Waals surface area contributed by atoms with Gasteiger partial charge in [-0.25, -0.2) is 0 Å². The van der Waals surface area contributed by atoms with Crippen LogP contribution in [-0.2, 0) is 4.74 Å². The molecule has 1 saturated heterocycles. The minimum absolute atomic E-state index is 0.217. The van der Waals surface area contributed by atoms with E-state index >= 15 is 0 Å². The maximum absolute atomic E-state index is 5.65. The highest BCUT2D eigenvalue weighted by Crippen LogP contribution is 2.37. The first-order valence-electron chi connectivity index (χ1n) is 6.45. The molecule has 0 saturated carbocycles. The highest BCUT2D eigenvalue weighted by atomic mass is 28.3. The van der Waals surface area contributed by atoms with E-state index in [9.17, 15) is 0 Å². The van der Waals surface area contributed by atoms with Gasteiger partial charge in [0, 0.05) is 32.2 Å². The van der Waals surface area contributed by atoms with Crippen LogP contribution >= 0.6 is 0 Å². The van der Waals surface area contributed by atoms with Crippen LogP contribution in [0.3, 0.4) is 0 Å². The van der Waals surface area contributed by atoms with Gasteiger partial charge in [0.2, 0.25) is 0 Å². The highest BCUT2D eigenvalue weighted by molar-refractivity contribution is 6.76. The van der Waals surface area contributed by atoms with Gasteiger partial charge in [-0.15, -0.1) is 0 Å². The molecule has 3 heteroatoms. The average Bonchev–Trinajstić information content (AvgIpc) is 2.46. The Morgan fingerprint density at radius 3 is 2.25 bits per heavy atom.